The number of hydrogen-bond donors (Lipinski definition) is 2. The van der Waals surface area contributed by atoms with Crippen molar-refractivity contribution in [2.24, 2.45) is 5.41 Å². The Kier molecular flexibility index (Phi) is 3.44. The number of carbonyl (C=O) groups is 1. The maximum Gasteiger partial charge on any atom is 0.251 e. The van der Waals surface area contributed by atoms with Gasteiger partial charge in [-0.15, -0.1) is 0 Å². The summed E-state index contributed by atoms with van der Waals surface area (Å²) in [7, 11) is 0. The highest BCUT2D eigenvalue weighted by Gasteiger charge is 2.25. The van der Waals surface area contributed by atoms with Crippen molar-refractivity contribution in [2.45, 2.75) is 39.7 Å². The van der Waals surface area contributed by atoms with Gasteiger partial charge >= 0.3 is 0 Å². The van der Waals surface area contributed by atoms with Gasteiger partial charge in [-0.25, -0.2) is 0 Å². The second kappa shape index (κ2) is 4.73. The molecule has 0 radical (unpaired) electrons. The Bertz CT molecular complexity index is 460. The minimum Gasteiger partial charge on any atom is -0.388 e. The number of carbonyl (C=O) groups excluding carboxylic acids is 1. The third-order valence-electron chi connectivity index (χ3n) is 3.42. The first-order valence-corrected chi connectivity index (χ1v) is 6.48. The summed E-state index contributed by atoms with van der Waals surface area (Å²) in [6, 6.07) is 5.75. The molecule has 1 aliphatic rings. The van der Waals surface area contributed by atoms with E-state index in [4.69, 9.17) is 0 Å². The first kappa shape index (κ1) is 13.1. The number of nitrogens with one attached hydrogen (secondary N) is 1. The van der Waals surface area contributed by atoms with E-state index in [1.54, 1.807) is 0 Å². The zero-order valence-corrected chi connectivity index (χ0v) is 11.3. The number of hydrogen-bond acceptors (Lipinski definition) is 2. The maximum absolute atomic E-state index is 11.9. The fraction of sp³-hybridized carbons (Fsp3) is 0.533. The van der Waals surface area contributed by atoms with E-state index in [9.17, 15) is 9.90 Å². The lowest BCUT2D eigenvalue weighted by Gasteiger charge is -2.26. The topological polar surface area (TPSA) is 49.3 Å². The predicted molar refractivity (Wildman–Crippen MR) is 71.5 cm³/mol. The van der Waals surface area contributed by atoms with Gasteiger partial charge in [0.1, 0.15) is 0 Å². The first-order chi connectivity index (χ1) is 8.39. The van der Waals surface area contributed by atoms with Crippen molar-refractivity contribution in [3.8, 4) is 0 Å². The Hall–Kier alpha value is -1.35. The van der Waals surface area contributed by atoms with E-state index in [0.29, 0.717) is 5.56 Å². The molecule has 3 heteroatoms. The monoisotopic (exact) mass is 247 g/mol. The van der Waals surface area contributed by atoms with Crippen LogP contribution in [0.2, 0.25) is 0 Å². The lowest BCUT2D eigenvalue weighted by atomic mass is 9.83. The van der Waals surface area contributed by atoms with Crippen LogP contribution in [-0.2, 0) is 6.42 Å². The van der Waals surface area contributed by atoms with Crippen LogP contribution in [0.1, 0.15) is 54.8 Å². The molecule has 1 amide bonds. The highest BCUT2D eigenvalue weighted by Crippen LogP contribution is 2.33. The molecule has 2 rings (SSSR count). The van der Waals surface area contributed by atoms with Gasteiger partial charge in [0.25, 0.3) is 5.91 Å². The maximum atomic E-state index is 11.9. The summed E-state index contributed by atoms with van der Waals surface area (Å²) in [5, 5.41) is 13.2. The van der Waals surface area contributed by atoms with Gasteiger partial charge in [0, 0.05) is 12.1 Å². The summed E-state index contributed by atoms with van der Waals surface area (Å²) < 4.78 is 0. The van der Waals surface area contributed by atoms with E-state index in [-0.39, 0.29) is 11.3 Å². The van der Waals surface area contributed by atoms with Crippen molar-refractivity contribution in [1.82, 2.24) is 5.32 Å². The quantitative estimate of drug-likeness (QED) is 0.800. The lowest BCUT2D eigenvalue weighted by molar-refractivity contribution is 0.0625. The molecule has 1 aliphatic heterocycles. The molecule has 0 aliphatic carbocycles. The van der Waals surface area contributed by atoms with Crippen LogP contribution in [0.5, 0.6) is 0 Å². The van der Waals surface area contributed by atoms with Gasteiger partial charge in [-0.1, -0.05) is 32.9 Å². The van der Waals surface area contributed by atoms with Crippen LogP contribution in [0.4, 0.5) is 0 Å². The summed E-state index contributed by atoms with van der Waals surface area (Å²) in [6.07, 6.45) is 1.33. The van der Waals surface area contributed by atoms with Crippen LogP contribution < -0.4 is 5.32 Å². The van der Waals surface area contributed by atoms with Crippen LogP contribution >= 0.6 is 0 Å². The van der Waals surface area contributed by atoms with Crippen LogP contribution in [-0.4, -0.2) is 17.6 Å². The van der Waals surface area contributed by atoms with Gasteiger partial charge in [0.2, 0.25) is 0 Å². The van der Waals surface area contributed by atoms with Gasteiger partial charge < -0.3 is 10.4 Å². The number of aryl methyl sites for hydroxylation is 1. The van der Waals surface area contributed by atoms with Crippen molar-refractivity contribution in [3.63, 3.8) is 0 Å². The molecule has 98 valence electrons. The molecule has 1 aromatic carbocycles. The van der Waals surface area contributed by atoms with E-state index >= 15 is 0 Å². The molecule has 1 aromatic rings. The number of amides is 1. The van der Waals surface area contributed by atoms with E-state index in [0.717, 1.165) is 30.5 Å². The van der Waals surface area contributed by atoms with Crippen LogP contribution in [0.3, 0.4) is 0 Å². The molecule has 0 fully saturated rings. The van der Waals surface area contributed by atoms with Gasteiger partial charge in [-0.05, 0) is 35.4 Å². The number of aliphatic hydroxyl groups is 1. The highest BCUT2D eigenvalue weighted by molar-refractivity contribution is 5.96. The molecule has 1 unspecified atom stereocenters. The molecule has 0 saturated heterocycles. The molecule has 0 bridgehead atoms. The minimum absolute atomic E-state index is 0.0227. The third-order valence-corrected chi connectivity index (χ3v) is 3.42. The average Bonchev–Trinajstić information content (AvgIpc) is 2.49. The van der Waals surface area contributed by atoms with Gasteiger partial charge in [-0.2, -0.15) is 0 Å². The Morgan fingerprint density at radius 1 is 1.33 bits per heavy atom. The van der Waals surface area contributed by atoms with E-state index in [1.165, 1.54) is 0 Å². The van der Waals surface area contributed by atoms with Crippen molar-refractivity contribution < 1.29 is 9.90 Å². The minimum atomic E-state index is -0.557. The van der Waals surface area contributed by atoms with Crippen LogP contribution in [0.25, 0.3) is 0 Å². The summed E-state index contributed by atoms with van der Waals surface area (Å²) in [5.41, 5.74) is 2.39. The molecule has 1 heterocycles. The summed E-state index contributed by atoms with van der Waals surface area (Å²) >= 11 is 0. The Balaban J connectivity index is 2.40. The smallest absolute Gasteiger partial charge is 0.251 e. The molecule has 18 heavy (non-hydrogen) atoms. The fourth-order valence-corrected chi connectivity index (χ4v) is 2.27. The summed E-state index contributed by atoms with van der Waals surface area (Å²) in [4.78, 5) is 11.9. The largest absolute Gasteiger partial charge is 0.388 e. The Morgan fingerprint density at radius 3 is 2.72 bits per heavy atom. The number of fused-ring (bicyclic) bond motifs is 1. The molecule has 0 saturated carbocycles. The van der Waals surface area contributed by atoms with Crippen molar-refractivity contribution in [3.05, 3.63) is 34.9 Å². The van der Waals surface area contributed by atoms with Gasteiger partial charge in [-0.3, -0.25) is 4.79 Å². The number of benzene rings is 1. The third kappa shape index (κ3) is 2.56. The zero-order chi connectivity index (χ0) is 13.3. The lowest BCUT2D eigenvalue weighted by Crippen LogP contribution is -2.23. The second-order valence-electron chi connectivity index (χ2n) is 6.04. The Labute approximate surface area is 108 Å². The predicted octanol–water partition coefficient (Wildman–Crippen LogP) is 2.44. The first-order valence-electron chi connectivity index (χ1n) is 6.48. The van der Waals surface area contributed by atoms with Crippen molar-refractivity contribution in [2.75, 3.05) is 6.54 Å². The van der Waals surface area contributed by atoms with Gasteiger partial charge in [0.05, 0.1) is 6.10 Å². The summed E-state index contributed by atoms with van der Waals surface area (Å²) in [5.74, 6) is -0.0227. The zero-order valence-electron chi connectivity index (χ0n) is 11.3. The van der Waals surface area contributed by atoms with Crippen molar-refractivity contribution >= 4 is 5.91 Å². The van der Waals surface area contributed by atoms with Crippen LogP contribution in [0.15, 0.2) is 18.2 Å². The van der Waals surface area contributed by atoms with Gasteiger partial charge in [0.15, 0.2) is 0 Å². The highest BCUT2D eigenvalue weighted by atomic mass is 16.3. The molecule has 3 nitrogen and oxygen atoms in total. The normalized spacial score (nSPS) is 17.7. The fourth-order valence-electron chi connectivity index (χ4n) is 2.27. The van der Waals surface area contributed by atoms with Crippen molar-refractivity contribution in [1.29, 1.82) is 0 Å². The molecule has 0 aromatic heterocycles. The average molecular weight is 247 g/mol. The molecule has 0 spiro atoms. The number of aliphatic hydroxyl groups excluding tert-OH is 1. The molecule has 1 atom stereocenters. The molecule has 2 N–H and O–H groups in total. The summed E-state index contributed by atoms with van der Waals surface area (Å²) in [6.45, 7) is 6.70. The van der Waals surface area contributed by atoms with Crippen LogP contribution in [0, 0.1) is 5.41 Å². The SMILES string of the molecule is CC(C)(C)C(O)c1ccc2c(c1)C(=O)NCCC2. The molecular weight excluding hydrogens is 226 g/mol. The Morgan fingerprint density at radius 2 is 2.06 bits per heavy atom. The number of rotatable bonds is 1. The second-order valence-corrected chi connectivity index (χ2v) is 6.04. The standard InChI is InChI=1S/C15H21NO2/c1-15(2,3)13(17)11-7-6-10-5-4-8-16-14(18)12(10)9-11/h6-7,9,13,17H,4-5,8H2,1-3H3,(H,16,18). The molecular formula is C15H21NO2. The van der Waals surface area contributed by atoms with E-state index in [1.807, 2.05) is 39.0 Å². The van der Waals surface area contributed by atoms with E-state index < -0.39 is 6.10 Å². The van der Waals surface area contributed by atoms with E-state index in [2.05, 4.69) is 5.32 Å².